The van der Waals surface area contributed by atoms with Crippen LogP contribution in [0.15, 0.2) is 0 Å². The Balaban J connectivity index is 2.64. The van der Waals surface area contributed by atoms with Crippen molar-refractivity contribution in [2.24, 2.45) is 5.92 Å². The Kier molecular flexibility index (Phi) is 4.77. The molecular formula is C12H22N2O2. The van der Waals surface area contributed by atoms with Crippen molar-refractivity contribution in [1.82, 2.24) is 10.2 Å². The Labute approximate surface area is 97.4 Å². The number of carbonyl (C=O) groups excluding carboxylic acids is 2. The molecule has 92 valence electrons. The molecule has 1 aliphatic rings. The van der Waals surface area contributed by atoms with Gasteiger partial charge in [0.25, 0.3) is 0 Å². The van der Waals surface area contributed by atoms with E-state index in [9.17, 15) is 9.59 Å². The van der Waals surface area contributed by atoms with Crippen LogP contribution in [0.5, 0.6) is 0 Å². The Bertz CT molecular complexity index is 264. The van der Waals surface area contributed by atoms with Crippen molar-refractivity contribution in [2.45, 2.75) is 46.1 Å². The van der Waals surface area contributed by atoms with Crippen molar-refractivity contribution >= 4 is 11.8 Å². The lowest BCUT2D eigenvalue weighted by molar-refractivity contribution is -0.146. The first-order valence-corrected chi connectivity index (χ1v) is 6.13. The second kappa shape index (κ2) is 5.87. The Morgan fingerprint density at radius 1 is 1.44 bits per heavy atom. The number of carbonyl (C=O) groups is 2. The van der Waals surface area contributed by atoms with Crippen LogP contribution in [0.4, 0.5) is 0 Å². The zero-order chi connectivity index (χ0) is 12.1. The number of hydrogen-bond donors (Lipinski definition) is 1. The van der Waals surface area contributed by atoms with Gasteiger partial charge in [0, 0.05) is 6.54 Å². The summed E-state index contributed by atoms with van der Waals surface area (Å²) in [4.78, 5) is 25.2. The molecule has 0 radical (unpaired) electrons. The number of amides is 2. The van der Waals surface area contributed by atoms with Crippen LogP contribution in [0.2, 0.25) is 0 Å². The molecule has 1 aliphatic heterocycles. The first kappa shape index (κ1) is 13.0. The number of rotatable bonds is 5. The van der Waals surface area contributed by atoms with E-state index < -0.39 is 0 Å². The maximum atomic E-state index is 11.7. The highest BCUT2D eigenvalue weighted by Gasteiger charge is 2.33. The molecule has 1 atom stereocenters. The smallest absolute Gasteiger partial charge is 0.243 e. The van der Waals surface area contributed by atoms with Crippen molar-refractivity contribution in [2.75, 3.05) is 13.1 Å². The average Bonchev–Trinajstić information content (AvgIpc) is 2.22. The molecule has 4 nitrogen and oxygen atoms in total. The van der Waals surface area contributed by atoms with Gasteiger partial charge < -0.3 is 10.2 Å². The lowest BCUT2D eigenvalue weighted by Gasteiger charge is -2.35. The van der Waals surface area contributed by atoms with Crippen molar-refractivity contribution in [3.05, 3.63) is 0 Å². The second-order valence-corrected chi connectivity index (χ2v) is 4.79. The fourth-order valence-electron chi connectivity index (χ4n) is 1.94. The summed E-state index contributed by atoms with van der Waals surface area (Å²) in [6, 6.07) is -0.245. The molecule has 1 saturated heterocycles. The van der Waals surface area contributed by atoms with Crippen LogP contribution in [0, 0.1) is 5.92 Å². The molecular weight excluding hydrogens is 204 g/mol. The monoisotopic (exact) mass is 226 g/mol. The van der Waals surface area contributed by atoms with Crippen molar-refractivity contribution in [3.63, 3.8) is 0 Å². The van der Waals surface area contributed by atoms with E-state index in [4.69, 9.17) is 0 Å². The second-order valence-electron chi connectivity index (χ2n) is 4.79. The summed E-state index contributed by atoms with van der Waals surface area (Å²) in [6.07, 6.45) is 2.64. The van der Waals surface area contributed by atoms with Gasteiger partial charge in [-0.2, -0.15) is 0 Å². The van der Waals surface area contributed by atoms with Gasteiger partial charge in [-0.3, -0.25) is 9.59 Å². The lowest BCUT2D eigenvalue weighted by Crippen LogP contribution is -2.58. The zero-order valence-electron chi connectivity index (χ0n) is 10.5. The molecule has 16 heavy (non-hydrogen) atoms. The molecule has 1 N–H and O–H groups in total. The highest BCUT2D eigenvalue weighted by atomic mass is 16.2. The minimum absolute atomic E-state index is 0.00482. The Morgan fingerprint density at radius 3 is 2.69 bits per heavy atom. The quantitative estimate of drug-likeness (QED) is 0.764. The van der Waals surface area contributed by atoms with E-state index in [1.54, 1.807) is 4.90 Å². The molecule has 1 rings (SSSR count). The number of nitrogens with one attached hydrogen (secondary N) is 1. The molecule has 2 amide bonds. The van der Waals surface area contributed by atoms with Gasteiger partial charge in [-0.25, -0.2) is 0 Å². The maximum absolute atomic E-state index is 11.7. The predicted molar refractivity (Wildman–Crippen MR) is 62.9 cm³/mol. The molecule has 0 aromatic rings. The minimum Gasteiger partial charge on any atom is -0.345 e. The largest absolute Gasteiger partial charge is 0.345 e. The van der Waals surface area contributed by atoms with Crippen LogP contribution >= 0.6 is 0 Å². The Hall–Kier alpha value is -1.06. The van der Waals surface area contributed by atoms with Gasteiger partial charge in [-0.05, 0) is 18.8 Å². The van der Waals surface area contributed by atoms with Crippen LogP contribution in [-0.4, -0.2) is 35.8 Å². The van der Waals surface area contributed by atoms with E-state index >= 15 is 0 Å². The SMILES string of the molecule is CCCC1C(=O)NCC(=O)N1CCC(C)C. The molecule has 1 heterocycles. The highest BCUT2D eigenvalue weighted by Crippen LogP contribution is 2.14. The van der Waals surface area contributed by atoms with E-state index in [-0.39, 0.29) is 24.4 Å². The van der Waals surface area contributed by atoms with Crippen LogP contribution in [-0.2, 0) is 9.59 Å². The summed E-state index contributed by atoms with van der Waals surface area (Å²) in [6.45, 7) is 7.16. The van der Waals surface area contributed by atoms with E-state index in [2.05, 4.69) is 19.2 Å². The number of hydrogen-bond acceptors (Lipinski definition) is 2. The molecule has 0 aromatic carbocycles. The van der Waals surface area contributed by atoms with Crippen LogP contribution in [0.25, 0.3) is 0 Å². The van der Waals surface area contributed by atoms with Crippen molar-refractivity contribution in [3.8, 4) is 0 Å². The Morgan fingerprint density at radius 2 is 2.12 bits per heavy atom. The van der Waals surface area contributed by atoms with Gasteiger partial charge in [0.2, 0.25) is 11.8 Å². The standard InChI is InChI=1S/C12H22N2O2/c1-4-5-10-12(16)13-8-11(15)14(10)7-6-9(2)3/h9-10H,4-8H2,1-3H3,(H,13,16). The van der Waals surface area contributed by atoms with E-state index in [0.29, 0.717) is 12.5 Å². The number of nitrogens with zero attached hydrogens (tertiary/aromatic N) is 1. The minimum atomic E-state index is -0.245. The molecule has 1 fully saturated rings. The predicted octanol–water partition coefficient (Wildman–Crippen LogP) is 1.16. The first-order valence-electron chi connectivity index (χ1n) is 6.13. The molecule has 0 aromatic heterocycles. The van der Waals surface area contributed by atoms with E-state index in [1.807, 2.05) is 6.92 Å². The van der Waals surface area contributed by atoms with Crippen LogP contribution in [0.3, 0.4) is 0 Å². The fourth-order valence-corrected chi connectivity index (χ4v) is 1.94. The van der Waals surface area contributed by atoms with Crippen molar-refractivity contribution in [1.29, 1.82) is 0 Å². The van der Waals surface area contributed by atoms with Crippen LogP contribution in [0.1, 0.15) is 40.0 Å². The maximum Gasteiger partial charge on any atom is 0.243 e. The summed E-state index contributed by atoms with van der Waals surface area (Å²) in [5.41, 5.74) is 0. The van der Waals surface area contributed by atoms with Gasteiger partial charge in [0.1, 0.15) is 6.04 Å². The third-order valence-corrected chi connectivity index (χ3v) is 2.92. The molecule has 0 aliphatic carbocycles. The van der Waals surface area contributed by atoms with Gasteiger partial charge in [-0.15, -0.1) is 0 Å². The zero-order valence-corrected chi connectivity index (χ0v) is 10.5. The van der Waals surface area contributed by atoms with E-state index in [0.717, 1.165) is 19.3 Å². The summed E-state index contributed by atoms with van der Waals surface area (Å²) >= 11 is 0. The summed E-state index contributed by atoms with van der Waals surface area (Å²) in [5, 5.41) is 2.65. The first-order chi connectivity index (χ1) is 7.56. The molecule has 0 saturated carbocycles. The topological polar surface area (TPSA) is 49.4 Å². The third kappa shape index (κ3) is 3.22. The van der Waals surface area contributed by atoms with Gasteiger partial charge >= 0.3 is 0 Å². The summed E-state index contributed by atoms with van der Waals surface area (Å²) in [7, 11) is 0. The van der Waals surface area contributed by atoms with Gasteiger partial charge in [0.05, 0.1) is 6.54 Å². The van der Waals surface area contributed by atoms with Crippen molar-refractivity contribution < 1.29 is 9.59 Å². The summed E-state index contributed by atoms with van der Waals surface area (Å²) < 4.78 is 0. The van der Waals surface area contributed by atoms with Gasteiger partial charge in [-0.1, -0.05) is 27.2 Å². The van der Waals surface area contributed by atoms with Gasteiger partial charge in [0.15, 0.2) is 0 Å². The fraction of sp³-hybridized carbons (Fsp3) is 0.833. The van der Waals surface area contributed by atoms with E-state index in [1.165, 1.54) is 0 Å². The molecule has 4 heteroatoms. The molecule has 1 unspecified atom stereocenters. The average molecular weight is 226 g/mol. The normalized spacial score (nSPS) is 21.5. The number of piperazine rings is 1. The molecule has 0 spiro atoms. The van der Waals surface area contributed by atoms with Crippen LogP contribution < -0.4 is 5.32 Å². The highest BCUT2D eigenvalue weighted by molar-refractivity contribution is 5.94. The lowest BCUT2D eigenvalue weighted by atomic mass is 10.0. The third-order valence-electron chi connectivity index (χ3n) is 2.92. The molecule has 0 bridgehead atoms. The summed E-state index contributed by atoms with van der Waals surface area (Å²) in [5.74, 6) is 0.615.